The zero-order chi connectivity index (χ0) is 18.8. The molecule has 0 saturated heterocycles. The number of aromatic nitrogens is 2. The summed E-state index contributed by atoms with van der Waals surface area (Å²) in [5, 5.41) is 1.44. The first-order valence-electron chi connectivity index (χ1n) is 9.40. The van der Waals surface area contributed by atoms with Crippen LogP contribution in [0, 0.1) is 12.8 Å². The van der Waals surface area contributed by atoms with Crippen LogP contribution in [0.1, 0.15) is 43.4 Å². The van der Waals surface area contributed by atoms with Crippen molar-refractivity contribution in [2.75, 3.05) is 4.90 Å². The Morgan fingerprint density at radius 2 is 2.04 bits per heavy atom. The van der Waals surface area contributed by atoms with Crippen LogP contribution < -0.4 is 4.90 Å². The van der Waals surface area contributed by atoms with Gasteiger partial charge in [-0.1, -0.05) is 48.3 Å². The van der Waals surface area contributed by atoms with Crippen molar-refractivity contribution in [2.24, 2.45) is 5.92 Å². The minimum atomic E-state index is 0.0826. The molecular formula is C21H22ClN3OS. The first-order valence-corrected chi connectivity index (χ1v) is 10.6. The Morgan fingerprint density at radius 1 is 1.22 bits per heavy atom. The molecule has 1 aliphatic carbocycles. The average Bonchev–Trinajstić information content (AvgIpc) is 3.15. The lowest BCUT2D eigenvalue weighted by Crippen LogP contribution is -2.36. The van der Waals surface area contributed by atoms with E-state index in [1.165, 1.54) is 6.42 Å². The number of hydrogen-bond donors (Lipinski definition) is 0. The molecule has 0 unspecified atom stereocenters. The lowest BCUT2D eigenvalue weighted by molar-refractivity contribution is -0.123. The maximum atomic E-state index is 13.4. The molecule has 1 aromatic carbocycles. The van der Waals surface area contributed by atoms with Crippen molar-refractivity contribution in [2.45, 2.75) is 45.6 Å². The number of amides is 1. The van der Waals surface area contributed by atoms with E-state index in [9.17, 15) is 4.79 Å². The third-order valence-electron chi connectivity index (χ3n) is 5.23. The van der Waals surface area contributed by atoms with Gasteiger partial charge in [0, 0.05) is 17.1 Å². The summed E-state index contributed by atoms with van der Waals surface area (Å²) < 4.78 is 1.05. The van der Waals surface area contributed by atoms with Crippen LogP contribution in [0.4, 0.5) is 5.13 Å². The van der Waals surface area contributed by atoms with Crippen LogP contribution >= 0.6 is 22.9 Å². The first-order chi connectivity index (χ1) is 13.1. The van der Waals surface area contributed by atoms with Gasteiger partial charge in [0.15, 0.2) is 5.13 Å². The van der Waals surface area contributed by atoms with E-state index >= 15 is 0 Å². The fourth-order valence-electron chi connectivity index (χ4n) is 3.67. The van der Waals surface area contributed by atoms with Gasteiger partial charge in [0.1, 0.15) is 0 Å². The average molecular weight is 400 g/mol. The SMILES string of the molecule is Cc1c(Cl)ccc2sc(N(Cc3ccccn3)C(=O)C3CCCCC3)nc12. The van der Waals surface area contributed by atoms with Gasteiger partial charge in [0.2, 0.25) is 5.91 Å². The fourth-order valence-corrected chi connectivity index (χ4v) is 4.85. The topological polar surface area (TPSA) is 46.1 Å². The zero-order valence-electron chi connectivity index (χ0n) is 15.3. The van der Waals surface area contributed by atoms with E-state index in [-0.39, 0.29) is 11.8 Å². The molecule has 1 amide bonds. The summed E-state index contributed by atoms with van der Waals surface area (Å²) in [5.41, 5.74) is 2.71. The monoisotopic (exact) mass is 399 g/mol. The third-order valence-corrected chi connectivity index (χ3v) is 6.69. The molecule has 6 heteroatoms. The van der Waals surface area contributed by atoms with E-state index in [1.807, 2.05) is 42.2 Å². The molecule has 1 saturated carbocycles. The molecule has 27 heavy (non-hydrogen) atoms. The molecule has 0 atom stereocenters. The van der Waals surface area contributed by atoms with Crippen LogP contribution in [0.2, 0.25) is 5.02 Å². The summed E-state index contributed by atoms with van der Waals surface area (Å²) >= 11 is 7.81. The lowest BCUT2D eigenvalue weighted by atomic mass is 9.88. The Hall–Kier alpha value is -1.98. The number of thiazole rings is 1. The van der Waals surface area contributed by atoms with E-state index in [0.29, 0.717) is 11.6 Å². The molecule has 4 rings (SSSR count). The molecule has 2 heterocycles. The Balaban J connectivity index is 1.72. The molecule has 0 spiro atoms. The van der Waals surface area contributed by atoms with Crippen molar-refractivity contribution >= 4 is 44.2 Å². The highest BCUT2D eigenvalue weighted by molar-refractivity contribution is 7.22. The van der Waals surface area contributed by atoms with Crippen molar-refractivity contribution in [1.82, 2.24) is 9.97 Å². The second-order valence-electron chi connectivity index (χ2n) is 7.10. The summed E-state index contributed by atoms with van der Waals surface area (Å²) in [7, 11) is 0. The van der Waals surface area contributed by atoms with Crippen LogP contribution in [-0.2, 0) is 11.3 Å². The van der Waals surface area contributed by atoms with Crippen molar-refractivity contribution in [3.05, 3.63) is 52.8 Å². The van der Waals surface area contributed by atoms with Crippen molar-refractivity contribution in [1.29, 1.82) is 0 Å². The molecule has 140 valence electrons. The Morgan fingerprint density at radius 3 is 2.78 bits per heavy atom. The number of carbonyl (C=O) groups is 1. The van der Waals surface area contributed by atoms with Crippen molar-refractivity contribution in [3.63, 3.8) is 0 Å². The molecule has 4 nitrogen and oxygen atoms in total. The zero-order valence-corrected chi connectivity index (χ0v) is 16.9. The number of anilines is 1. The predicted octanol–water partition coefficient (Wildman–Crippen LogP) is 5.77. The number of benzene rings is 1. The van der Waals surface area contributed by atoms with E-state index in [4.69, 9.17) is 16.6 Å². The van der Waals surface area contributed by atoms with Gasteiger partial charge in [0.25, 0.3) is 0 Å². The van der Waals surface area contributed by atoms with Crippen LogP contribution in [-0.4, -0.2) is 15.9 Å². The Kier molecular flexibility index (Phi) is 5.41. The van der Waals surface area contributed by atoms with Gasteiger partial charge in [-0.05, 0) is 49.6 Å². The first kappa shape index (κ1) is 18.4. The van der Waals surface area contributed by atoms with Crippen molar-refractivity contribution < 1.29 is 4.79 Å². The Bertz CT molecular complexity index is 951. The summed E-state index contributed by atoms with van der Waals surface area (Å²) in [6.45, 7) is 2.42. The van der Waals surface area contributed by atoms with Gasteiger partial charge < -0.3 is 0 Å². The van der Waals surface area contributed by atoms with Crippen LogP contribution in [0.3, 0.4) is 0 Å². The Labute approximate surface area is 168 Å². The molecule has 1 fully saturated rings. The molecule has 0 radical (unpaired) electrons. The van der Waals surface area contributed by atoms with Crippen LogP contribution in [0.5, 0.6) is 0 Å². The quantitative estimate of drug-likeness (QED) is 0.559. The molecule has 1 aliphatic rings. The fraction of sp³-hybridized carbons (Fsp3) is 0.381. The van der Waals surface area contributed by atoms with Gasteiger partial charge in [-0.3, -0.25) is 14.7 Å². The summed E-state index contributed by atoms with van der Waals surface area (Å²) in [4.78, 5) is 24.4. The van der Waals surface area contributed by atoms with E-state index in [0.717, 1.165) is 52.3 Å². The van der Waals surface area contributed by atoms with Gasteiger partial charge in [-0.15, -0.1) is 0 Å². The number of pyridine rings is 1. The van der Waals surface area contributed by atoms with Crippen molar-refractivity contribution in [3.8, 4) is 0 Å². The molecule has 0 bridgehead atoms. The van der Waals surface area contributed by atoms with Crippen LogP contribution in [0.15, 0.2) is 36.5 Å². The highest BCUT2D eigenvalue weighted by Crippen LogP contribution is 2.36. The second kappa shape index (κ2) is 7.95. The number of hydrogen-bond acceptors (Lipinski definition) is 4. The minimum Gasteiger partial charge on any atom is -0.282 e. The molecule has 2 aromatic heterocycles. The maximum absolute atomic E-state index is 13.4. The summed E-state index contributed by atoms with van der Waals surface area (Å²) in [6.07, 6.45) is 7.18. The standard InChI is InChI=1S/C21H22ClN3OS/c1-14-17(22)10-11-18-19(14)24-21(27-18)25(13-16-9-5-6-12-23-16)20(26)15-7-3-2-4-8-15/h5-6,9-12,15H,2-4,7-8,13H2,1H3. The lowest BCUT2D eigenvalue weighted by Gasteiger charge is -2.27. The summed E-state index contributed by atoms with van der Waals surface area (Å²) in [6, 6.07) is 9.67. The van der Waals surface area contributed by atoms with Gasteiger partial charge in [-0.25, -0.2) is 4.98 Å². The third kappa shape index (κ3) is 3.85. The number of aryl methyl sites for hydroxylation is 1. The van der Waals surface area contributed by atoms with E-state index < -0.39 is 0 Å². The number of halogens is 1. The number of nitrogens with zero attached hydrogens (tertiary/aromatic N) is 3. The van der Waals surface area contributed by atoms with Gasteiger partial charge in [-0.2, -0.15) is 0 Å². The molecular weight excluding hydrogens is 378 g/mol. The predicted molar refractivity (Wildman–Crippen MR) is 111 cm³/mol. The van der Waals surface area contributed by atoms with E-state index in [2.05, 4.69) is 4.98 Å². The molecule has 0 aliphatic heterocycles. The maximum Gasteiger partial charge on any atom is 0.232 e. The van der Waals surface area contributed by atoms with Crippen LogP contribution in [0.25, 0.3) is 10.2 Å². The highest BCUT2D eigenvalue weighted by Gasteiger charge is 2.29. The van der Waals surface area contributed by atoms with Gasteiger partial charge in [0.05, 0.1) is 22.5 Å². The largest absolute Gasteiger partial charge is 0.282 e. The number of rotatable bonds is 4. The smallest absolute Gasteiger partial charge is 0.232 e. The highest BCUT2D eigenvalue weighted by atomic mass is 35.5. The molecule has 0 N–H and O–H groups in total. The normalized spacial score (nSPS) is 15.2. The minimum absolute atomic E-state index is 0.0826. The van der Waals surface area contributed by atoms with Gasteiger partial charge >= 0.3 is 0 Å². The number of fused-ring (bicyclic) bond motifs is 1. The molecule has 3 aromatic rings. The van der Waals surface area contributed by atoms with E-state index in [1.54, 1.807) is 17.5 Å². The number of carbonyl (C=O) groups excluding carboxylic acids is 1. The summed E-state index contributed by atoms with van der Waals surface area (Å²) in [5.74, 6) is 0.252. The second-order valence-corrected chi connectivity index (χ2v) is 8.51.